The Hall–Kier alpha value is -2.59. The number of rotatable bonds is 5. The molecule has 1 aromatic heterocycles. The first-order valence-corrected chi connectivity index (χ1v) is 10.3. The van der Waals surface area contributed by atoms with Gasteiger partial charge in [0.15, 0.2) is 10.6 Å². The van der Waals surface area contributed by atoms with E-state index >= 15 is 0 Å². The van der Waals surface area contributed by atoms with Gasteiger partial charge in [-0.05, 0) is 80.6 Å². The van der Waals surface area contributed by atoms with Gasteiger partial charge in [0.1, 0.15) is 11.6 Å². The van der Waals surface area contributed by atoms with Crippen molar-refractivity contribution < 1.29 is 19.8 Å². The fourth-order valence-electron chi connectivity index (χ4n) is 3.95. The smallest absolute Gasteiger partial charge is 0.262 e. The Morgan fingerprint density at radius 3 is 2.44 bits per heavy atom. The maximum atomic E-state index is 13.1. The van der Waals surface area contributed by atoms with Crippen molar-refractivity contribution in [1.82, 2.24) is 14.5 Å². The van der Waals surface area contributed by atoms with Gasteiger partial charge in [-0.1, -0.05) is 0 Å². The molecule has 2 aromatic carbocycles. The van der Waals surface area contributed by atoms with Gasteiger partial charge in [-0.3, -0.25) is 14.2 Å². The first-order valence-electron chi connectivity index (χ1n) is 9.90. The van der Waals surface area contributed by atoms with Crippen LogP contribution in [0.4, 0.5) is 4.39 Å². The summed E-state index contributed by atoms with van der Waals surface area (Å²) in [4.78, 5) is 30.6. The first kappa shape index (κ1) is 25.7. The number of piperidine rings is 1. The van der Waals surface area contributed by atoms with Gasteiger partial charge in [-0.2, -0.15) is 0 Å². The van der Waals surface area contributed by atoms with Crippen molar-refractivity contribution in [2.45, 2.75) is 19.4 Å². The Labute approximate surface area is 195 Å². The second-order valence-electron chi connectivity index (χ2n) is 7.60. The summed E-state index contributed by atoms with van der Waals surface area (Å²) in [6.45, 7) is 2.56. The molecule has 1 aliphatic rings. The number of fused-ring (bicyclic) bond motifs is 1. The number of halogens is 2. The Kier molecular flexibility index (Phi) is 8.68. The third-order valence-corrected chi connectivity index (χ3v) is 6.01. The molecule has 0 saturated carbocycles. The summed E-state index contributed by atoms with van der Waals surface area (Å²) in [6, 6.07) is 10.3. The summed E-state index contributed by atoms with van der Waals surface area (Å²) >= 11 is 5.34. The summed E-state index contributed by atoms with van der Waals surface area (Å²) in [5.74, 6) is -0.327. The minimum absolute atomic E-state index is 0. The minimum Gasteiger partial charge on any atom is -0.508 e. The zero-order valence-corrected chi connectivity index (χ0v) is 18.8. The van der Waals surface area contributed by atoms with Crippen LogP contribution in [0.5, 0.6) is 5.75 Å². The van der Waals surface area contributed by atoms with Gasteiger partial charge in [0.25, 0.3) is 5.56 Å². The number of H-pyrrole nitrogens is 1. The highest BCUT2D eigenvalue weighted by atomic mass is 35.5. The van der Waals surface area contributed by atoms with Gasteiger partial charge in [-0.15, -0.1) is 12.4 Å². The summed E-state index contributed by atoms with van der Waals surface area (Å²) < 4.78 is 14.9. The molecule has 1 aliphatic heterocycles. The monoisotopic (exact) mass is 481 g/mol. The highest BCUT2D eigenvalue weighted by Crippen LogP contribution is 2.22. The number of carbonyl (C=O) groups is 1. The molecule has 0 radical (unpaired) electrons. The van der Waals surface area contributed by atoms with Crippen LogP contribution in [0.25, 0.3) is 10.9 Å². The molecule has 1 fully saturated rings. The molecule has 1 saturated heterocycles. The van der Waals surface area contributed by atoms with Crippen molar-refractivity contribution in [3.05, 3.63) is 69.0 Å². The van der Waals surface area contributed by atoms with Crippen LogP contribution in [-0.4, -0.2) is 50.5 Å². The maximum absolute atomic E-state index is 13.1. The zero-order valence-electron chi connectivity index (χ0n) is 17.2. The van der Waals surface area contributed by atoms with E-state index in [1.807, 2.05) is 0 Å². The largest absolute Gasteiger partial charge is 0.508 e. The van der Waals surface area contributed by atoms with E-state index in [0.29, 0.717) is 34.3 Å². The third-order valence-electron chi connectivity index (χ3n) is 5.69. The number of aromatic nitrogens is 2. The highest BCUT2D eigenvalue weighted by molar-refractivity contribution is 7.71. The number of phenolic OH excluding ortho intramolecular Hbond substituents is 1. The normalized spacial score (nSPS) is 14.5. The van der Waals surface area contributed by atoms with Crippen LogP contribution in [0, 0.1) is 16.5 Å². The SMILES string of the molecule is Cl.O.O=C(c1ccc(F)cc1)C1CCN(CCn2c(=S)[nH]c3ccc(O)cc3c2=O)CC1. The molecule has 0 unspecified atom stereocenters. The van der Waals surface area contributed by atoms with E-state index in [1.54, 1.807) is 6.07 Å². The van der Waals surface area contributed by atoms with E-state index in [9.17, 15) is 19.1 Å². The van der Waals surface area contributed by atoms with Crippen LogP contribution in [0.1, 0.15) is 23.2 Å². The summed E-state index contributed by atoms with van der Waals surface area (Å²) in [5, 5.41) is 10.1. The van der Waals surface area contributed by atoms with E-state index in [0.717, 1.165) is 25.9 Å². The van der Waals surface area contributed by atoms with Gasteiger partial charge >= 0.3 is 0 Å². The molecule has 4 N–H and O–H groups in total. The molecule has 3 aromatic rings. The van der Waals surface area contributed by atoms with Gasteiger partial charge in [0, 0.05) is 24.6 Å². The molecule has 0 amide bonds. The number of aromatic amines is 1. The van der Waals surface area contributed by atoms with Gasteiger partial charge in [-0.25, -0.2) is 4.39 Å². The molecule has 7 nitrogen and oxygen atoms in total. The quantitative estimate of drug-likeness (QED) is 0.430. The molecule has 0 spiro atoms. The van der Waals surface area contributed by atoms with Crippen LogP contribution < -0.4 is 5.56 Å². The Morgan fingerprint density at radius 2 is 1.78 bits per heavy atom. The average Bonchev–Trinajstić information content (AvgIpc) is 2.75. The van der Waals surface area contributed by atoms with Crippen molar-refractivity contribution in [3.63, 3.8) is 0 Å². The van der Waals surface area contributed by atoms with Crippen LogP contribution in [0.2, 0.25) is 0 Å². The average molecular weight is 482 g/mol. The van der Waals surface area contributed by atoms with Crippen LogP contribution >= 0.6 is 24.6 Å². The Balaban J connectivity index is 0.00000181. The van der Waals surface area contributed by atoms with Crippen LogP contribution in [-0.2, 0) is 6.54 Å². The van der Waals surface area contributed by atoms with Crippen LogP contribution in [0.15, 0.2) is 47.3 Å². The Bertz CT molecular complexity index is 1200. The number of nitrogens with zero attached hydrogens (tertiary/aromatic N) is 2. The fraction of sp³-hybridized carbons (Fsp3) is 0.318. The predicted molar refractivity (Wildman–Crippen MR) is 126 cm³/mol. The fourth-order valence-corrected chi connectivity index (χ4v) is 4.24. The number of Topliss-reactive ketones (excluding diaryl/α,β-unsaturated/α-hetero) is 1. The molecular formula is C22H25ClFN3O4S. The zero-order chi connectivity index (χ0) is 21.3. The van der Waals surface area contributed by atoms with Crippen LogP contribution in [0.3, 0.4) is 0 Å². The summed E-state index contributed by atoms with van der Waals surface area (Å²) in [6.07, 6.45) is 1.45. The van der Waals surface area contributed by atoms with Crippen molar-refractivity contribution in [2.24, 2.45) is 5.92 Å². The number of likely N-dealkylation sites (tertiary alicyclic amines) is 1. The number of hydrogen-bond donors (Lipinski definition) is 2. The highest BCUT2D eigenvalue weighted by Gasteiger charge is 2.25. The molecule has 0 aliphatic carbocycles. The number of benzene rings is 2. The number of nitrogens with one attached hydrogen (secondary N) is 1. The molecule has 172 valence electrons. The molecule has 0 atom stereocenters. The third kappa shape index (κ3) is 5.42. The lowest BCUT2D eigenvalue weighted by molar-refractivity contribution is 0.0837. The maximum Gasteiger partial charge on any atom is 0.262 e. The van der Waals surface area contributed by atoms with Gasteiger partial charge in [0.05, 0.1) is 10.9 Å². The molecule has 2 heterocycles. The molecule has 32 heavy (non-hydrogen) atoms. The molecule has 4 rings (SSSR count). The van der Waals surface area contributed by atoms with Gasteiger partial charge < -0.3 is 20.5 Å². The van der Waals surface area contributed by atoms with E-state index in [4.69, 9.17) is 12.2 Å². The minimum atomic E-state index is -0.348. The van der Waals surface area contributed by atoms with Crippen molar-refractivity contribution in [2.75, 3.05) is 19.6 Å². The molecular weight excluding hydrogens is 457 g/mol. The van der Waals surface area contributed by atoms with E-state index in [-0.39, 0.29) is 46.7 Å². The number of carbonyl (C=O) groups excluding carboxylic acids is 1. The predicted octanol–water partition coefficient (Wildman–Crippen LogP) is 3.10. The lowest BCUT2D eigenvalue weighted by Gasteiger charge is -2.31. The number of aromatic hydroxyl groups is 1. The second kappa shape index (κ2) is 10.8. The second-order valence-corrected chi connectivity index (χ2v) is 7.99. The first-order chi connectivity index (χ1) is 14.4. The standard InChI is InChI=1S/C22H22FN3O3S.ClH.H2O/c23-16-3-1-14(2-4-16)20(28)15-7-9-25(10-8-15)11-12-26-21(29)18-13-17(27)5-6-19(18)24-22(26)30;;/h1-6,13,15,27H,7-12H2,(H,24,30);1H;1H2. The Morgan fingerprint density at radius 1 is 1.12 bits per heavy atom. The van der Waals surface area contributed by atoms with Crippen molar-refractivity contribution >= 4 is 41.3 Å². The molecule has 10 heteroatoms. The summed E-state index contributed by atoms with van der Waals surface area (Å²) in [5.41, 5.74) is 0.914. The number of phenols is 1. The number of ketones is 1. The lowest BCUT2D eigenvalue weighted by atomic mass is 9.89. The number of hydrogen-bond acceptors (Lipinski definition) is 5. The lowest BCUT2D eigenvalue weighted by Crippen LogP contribution is -2.39. The van der Waals surface area contributed by atoms with E-state index in [1.165, 1.54) is 41.0 Å². The van der Waals surface area contributed by atoms with E-state index in [2.05, 4.69) is 9.88 Å². The van der Waals surface area contributed by atoms with Crippen molar-refractivity contribution in [3.8, 4) is 5.75 Å². The summed E-state index contributed by atoms with van der Waals surface area (Å²) in [7, 11) is 0. The van der Waals surface area contributed by atoms with E-state index < -0.39 is 0 Å². The van der Waals surface area contributed by atoms with Gasteiger partial charge in [0.2, 0.25) is 0 Å². The topological polar surface area (TPSA) is 110 Å². The van der Waals surface area contributed by atoms with Crippen molar-refractivity contribution in [1.29, 1.82) is 0 Å². The molecule has 0 bridgehead atoms.